The molecule has 6 heteroatoms. The van der Waals surface area contributed by atoms with Crippen molar-refractivity contribution in [3.63, 3.8) is 0 Å². The largest absolute Gasteiger partial charge is 0.418 e. The number of nitrogens with one attached hydrogen (secondary N) is 1. The lowest BCUT2D eigenvalue weighted by molar-refractivity contribution is -0.136. The molecule has 3 aromatic rings. The molecule has 3 rings (SSSR count). The first kappa shape index (κ1) is 13.0. The lowest BCUT2D eigenvalue weighted by Crippen LogP contribution is -2.05. The number of hydrogen-bond donors (Lipinski definition) is 1. The van der Waals surface area contributed by atoms with Gasteiger partial charge in [0.05, 0.1) is 11.3 Å². The maximum atomic E-state index is 12.9. The third-order valence-electron chi connectivity index (χ3n) is 3.02. The van der Waals surface area contributed by atoms with E-state index in [0.717, 1.165) is 11.6 Å². The molecule has 2 aromatic carbocycles. The predicted molar refractivity (Wildman–Crippen MR) is 71.5 cm³/mol. The molecule has 0 amide bonds. The zero-order chi connectivity index (χ0) is 14.3. The van der Waals surface area contributed by atoms with E-state index in [9.17, 15) is 13.2 Å². The highest BCUT2D eigenvalue weighted by molar-refractivity contribution is 6.30. The van der Waals surface area contributed by atoms with E-state index in [1.54, 1.807) is 30.3 Å². The second-order valence-electron chi connectivity index (χ2n) is 4.30. The van der Waals surface area contributed by atoms with Crippen molar-refractivity contribution in [1.29, 1.82) is 0 Å². The summed E-state index contributed by atoms with van der Waals surface area (Å²) in [6, 6.07) is 10.8. The molecule has 0 atom stereocenters. The van der Waals surface area contributed by atoms with Crippen LogP contribution in [0.3, 0.4) is 0 Å². The van der Waals surface area contributed by atoms with Crippen LogP contribution in [0.2, 0.25) is 5.02 Å². The molecule has 0 aliphatic carbocycles. The number of H-pyrrole nitrogens is 1. The fourth-order valence-electron chi connectivity index (χ4n) is 2.10. The number of para-hydroxylation sites is 1. The van der Waals surface area contributed by atoms with E-state index in [-0.39, 0.29) is 5.52 Å². The molecule has 0 spiro atoms. The Hall–Kier alpha value is -2.01. The highest BCUT2D eigenvalue weighted by Gasteiger charge is 2.33. The predicted octanol–water partition coefficient (Wildman–Crippen LogP) is 4.90. The maximum Gasteiger partial charge on any atom is 0.418 e. The molecule has 0 fully saturated rings. The van der Waals surface area contributed by atoms with Gasteiger partial charge in [-0.3, -0.25) is 5.10 Å². The molecule has 0 saturated carbocycles. The van der Waals surface area contributed by atoms with E-state index >= 15 is 0 Å². The zero-order valence-corrected chi connectivity index (χ0v) is 10.8. The lowest BCUT2D eigenvalue weighted by atomic mass is 10.1. The van der Waals surface area contributed by atoms with Gasteiger partial charge < -0.3 is 0 Å². The average molecular weight is 297 g/mol. The number of nitrogens with zero attached hydrogens (tertiary/aromatic N) is 1. The SMILES string of the molecule is FC(F)(F)c1cccc2c(-c3ccc(Cl)cc3)[nH]nc12. The van der Waals surface area contributed by atoms with Crippen molar-refractivity contribution >= 4 is 22.5 Å². The number of hydrogen-bond acceptors (Lipinski definition) is 1. The van der Waals surface area contributed by atoms with Gasteiger partial charge in [-0.1, -0.05) is 35.9 Å². The Bertz CT molecular complexity index is 760. The van der Waals surface area contributed by atoms with Crippen LogP contribution in [0, 0.1) is 0 Å². The van der Waals surface area contributed by atoms with Crippen LogP contribution in [0.4, 0.5) is 13.2 Å². The van der Waals surface area contributed by atoms with Crippen LogP contribution < -0.4 is 0 Å². The number of halogens is 4. The van der Waals surface area contributed by atoms with Crippen LogP contribution in [-0.2, 0) is 6.18 Å². The van der Waals surface area contributed by atoms with Crippen molar-refractivity contribution in [2.24, 2.45) is 0 Å². The Kier molecular flexibility index (Phi) is 2.94. The minimum atomic E-state index is -4.42. The number of fused-ring (bicyclic) bond motifs is 1. The van der Waals surface area contributed by atoms with E-state index < -0.39 is 11.7 Å². The molecule has 1 heterocycles. The number of rotatable bonds is 1. The van der Waals surface area contributed by atoms with Crippen LogP contribution >= 0.6 is 11.6 Å². The lowest BCUT2D eigenvalue weighted by Gasteiger charge is -2.06. The fourth-order valence-corrected chi connectivity index (χ4v) is 2.23. The Labute approximate surface area is 117 Å². The van der Waals surface area contributed by atoms with Crippen molar-refractivity contribution in [3.8, 4) is 11.3 Å². The van der Waals surface area contributed by atoms with Crippen molar-refractivity contribution in [2.45, 2.75) is 6.18 Å². The summed E-state index contributed by atoms with van der Waals surface area (Å²) < 4.78 is 38.7. The van der Waals surface area contributed by atoms with Crippen molar-refractivity contribution in [3.05, 3.63) is 53.1 Å². The van der Waals surface area contributed by atoms with Gasteiger partial charge in [0.15, 0.2) is 0 Å². The maximum absolute atomic E-state index is 12.9. The molecule has 0 aliphatic heterocycles. The Morgan fingerprint density at radius 3 is 2.35 bits per heavy atom. The highest BCUT2D eigenvalue weighted by Crippen LogP contribution is 2.36. The third-order valence-corrected chi connectivity index (χ3v) is 3.28. The summed E-state index contributed by atoms with van der Waals surface area (Å²) in [5.74, 6) is 0. The van der Waals surface area contributed by atoms with Crippen molar-refractivity contribution in [2.75, 3.05) is 0 Å². The van der Waals surface area contributed by atoms with Crippen LogP contribution in [0.25, 0.3) is 22.2 Å². The normalized spacial score (nSPS) is 12.0. The van der Waals surface area contributed by atoms with Gasteiger partial charge in [-0.05, 0) is 18.2 Å². The minimum Gasteiger partial charge on any atom is -0.277 e. The summed E-state index contributed by atoms with van der Waals surface area (Å²) in [4.78, 5) is 0. The molecule has 0 saturated heterocycles. The molecular weight excluding hydrogens is 289 g/mol. The van der Waals surface area contributed by atoms with E-state index in [1.165, 1.54) is 6.07 Å². The van der Waals surface area contributed by atoms with Gasteiger partial charge in [0, 0.05) is 16.0 Å². The van der Waals surface area contributed by atoms with Crippen molar-refractivity contribution < 1.29 is 13.2 Å². The Morgan fingerprint density at radius 1 is 1.00 bits per heavy atom. The van der Waals surface area contributed by atoms with Gasteiger partial charge in [0.25, 0.3) is 0 Å². The topological polar surface area (TPSA) is 28.7 Å². The van der Waals surface area contributed by atoms with Gasteiger partial charge >= 0.3 is 6.18 Å². The van der Waals surface area contributed by atoms with Gasteiger partial charge in [0.2, 0.25) is 0 Å². The van der Waals surface area contributed by atoms with Gasteiger partial charge in [-0.2, -0.15) is 18.3 Å². The Balaban J connectivity index is 2.22. The van der Waals surface area contributed by atoms with E-state index in [4.69, 9.17) is 11.6 Å². The Morgan fingerprint density at radius 2 is 1.70 bits per heavy atom. The fraction of sp³-hybridized carbons (Fsp3) is 0.0714. The second-order valence-corrected chi connectivity index (χ2v) is 4.74. The van der Waals surface area contributed by atoms with Crippen LogP contribution in [0.15, 0.2) is 42.5 Å². The molecule has 1 aromatic heterocycles. The molecule has 102 valence electrons. The molecule has 20 heavy (non-hydrogen) atoms. The molecule has 2 nitrogen and oxygen atoms in total. The van der Waals surface area contributed by atoms with E-state index in [0.29, 0.717) is 16.1 Å². The molecule has 0 aliphatic rings. The van der Waals surface area contributed by atoms with Crippen LogP contribution in [-0.4, -0.2) is 10.2 Å². The molecule has 0 bridgehead atoms. The van der Waals surface area contributed by atoms with Crippen LogP contribution in [0.5, 0.6) is 0 Å². The quantitative estimate of drug-likeness (QED) is 0.679. The molecule has 0 unspecified atom stereocenters. The zero-order valence-electron chi connectivity index (χ0n) is 10.0. The summed E-state index contributed by atoms with van der Waals surface area (Å²) in [6.45, 7) is 0. The first-order chi connectivity index (χ1) is 9.47. The van der Waals surface area contributed by atoms with Crippen LogP contribution in [0.1, 0.15) is 5.56 Å². The molecular formula is C14H8ClF3N2. The third kappa shape index (κ3) is 2.14. The number of alkyl halides is 3. The number of benzene rings is 2. The van der Waals surface area contributed by atoms with Crippen molar-refractivity contribution in [1.82, 2.24) is 10.2 Å². The summed E-state index contributed by atoms with van der Waals surface area (Å²) in [5.41, 5.74) is 0.454. The van der Waals surface area contributed by atoms with Gasteiger partial charge in [-0.25, -0.2) is 0 Å². The number of aromatic nitrogens is 2. The van der Waals surface area contributed by atoms with Gasteiger partial charge in [0.1, 0.15) is 5.52 Å². The summed E-state index contributed by atoms with van der Waals surface area (Å²) in [6.07, 6.45) is -4.42. The summed E-state index contributed by atoms with van der Waals surface area (Å²) in [5, 5.41) is 7.47. The molecule has 0 radical (unpaired) electrons. The van der Waals surface area contributed by atoms with E-state index in [2.05, 4.69) is 10.2 Å². The molecule has 1 N–H and O–H groups in total. The monoisotopic (exact) mass is 296 g/mol. The van der Waals surface area contributed by atoms with Gasteiger partial charge in [-0.15, -0.1) is 0 Å². The minimum absolute atomic E-state index is 0.0787. The smallest absolute Gasteiger partial charge is 0.277 e. The summed E-state index contributed by atoms with van der Waals surface area (Å²) >= 11 is 5.80. The number of aromatic amines is 1. The standard InChI is InChI=1S/C14H8ClF3N2/c15-9-6-4-8(5-7-9)12-10-2-1-3-11(14(16,17)18)13(10)20-19-12/h1-7H,(H,19,20). The first-order valence-electron chi connectivity index (χ1n) is 5.77. The van der Waals surface area contributed by atoms with E-state index in [1.807, 2.05) is 0 Å². The average Bonchev–Trinajstić information content (AvgIpc) is 2.82. The first-order valence-corrected chi connectivity index (χ1v) is 6.15. The summed E-state index contributed by atoms with van der Waals surface area (Å²) in [7, 11) is 0. The highest BCUT2D eigenvalue weighted by atomic mass is 35.5. The second kappa shape index (κ2) is 4.52.